The first-order valence-corrected chi connectivity index (χ1v) is 8.90. The molecule has 20 heavy (non-hydrogen) atoms. The number of hydrogen-bond acceptors (Lipinski definition) is 2. The molecule has 0 saturated heterocycles. The summed E-state index contributed by atoms with van der Waals surface area (Å²) in [5.74, 6) is -13.6. The van der Waals surface area contributed by atoms with E-state index in [-0.39, 0.29) is 0 Å². The number of hydrogen-bond donors (Lipinski definition) is 1. The van der Waals surface area contributed by atoms with Gasteiger partial charge in [-0.1, -0.05) is 6.92 Å². The van der Waals surface area contributed by atoms with Gasteiger partial charge in [0.1, 0.15) is 0 Å². The number of alkyl halides is 9. The Morgan fingerprint density at radius 1 is 0.950 bits per heavy atom. The van der Waals surface area contributed by atoms with Crippen LogP contribution in [0.2, 0.25) is 12.6 Å². The lowest BCUT2D eigenvalue weighted by Crippen LogP contribution is -2.70. The van der Waals surface area contributed by atoms with Gasteiger partial charge in [-0.05, 0) is 12.6 Å². The van der Waals surface area contributed by atoms with Gasteiger partial charge in [-0.2, -0.15) is 30.7 Å². The van der Waals surface area contributed by atoms with Crippen LogP contribution in [-0.2, 0) is 4.12 Å². The van der Waals surface area contributed by atoms with Gasteiger partial charge in [0.25, 0.3) is 18.3 Å². The molecule has 0 radical (unpaired) electrons. The summed E-state index contributed by atoms with van der Waals surface area (Å²) in [5.41, 5.74) is -5.72. The summed E-state index contributed by atoms with van der Waals surface area (Å²) in [7, 11) is -7.72. The second kappa shape index (κ2) is 5.49. The fourth-order valence-electron chi connectivity index (χ4n) is 1.26. The Balaban J connectivity index is 5.91. The molecule has 0 aliphatic carbocycles. The van der Waals surface area contributed by atoms with Crippen LogP contribution in [0.5, 0.6) is 0 Å². The van der Waals surface area contributed by atoms with Crippen molar-refractivity contribution >= 4 is 18.3 Å². The van der Waals surface area contributed by atoms with Gasteiger partial charge in [-0.15, -0.1) is 0 Å². The highest BCUT2D eigenvalue weighted by Crippen LogP contribution is 2.56. The van der Waals surface area contributed by atoms with Crippen LogP contribution in [0.25, 0.3) is 0 Å². The van der Waals surface area contributed by atoms with Gasteiger partial charge >= 0.3 is 23.6 Å². The first kappa shape index (κ1) is 19.7. The molecule has 13 heteroatoms. The molecule has 0 aromatic carbocycles. The lowest BCUT2D eigenvalue weighted by molar-refractivity contribution is -0.385. The van der Waals surface area contributed by atoms with Crippen molar-refractivity contribution in [2.45, 2.75) is 43.1 Å². The Hall–Kier alpha value is -0.276. The molecule has 0 saturated carbocycles. The van der Waals surface area contributed by atoms with E-state index < -0.39 is 47.9 Å². The van der Waals surface area contributed by atoms with Crippen molar-refractivity contribution in [3.63, 3.8) is 0 Å². The van der Waals surface area contributed by atoms with Gasteiger partial charge in [-0.25, -0.2) is 8.78 Å². The molecule has 0 aliphatic rings. The second-order valence-electron chi connectivity index (χ2n) is 4.08. The zero-order chi connectivity index (χ0) is 16.6. The molecular formula is C7H11F9O2Si2. The van der Waals surface area contributed by atoms with Crippen molar-refractivity contribution in [2.75, 3.05) is 0 Å². The quantitative estimate of drug-likeness (QED) is 0.587. The van der Waals surface area contributed by atoms with Crippen LogP contribution in [0, 0.1) is 0 Å². The summed E-state index contributed by atoms with van der Waals surface area (Å²) >= 11 is 0. The average molecular weight is 354 g/mol. The Morgan fingerprint density at radius 2 is 1.35 bits per heavy atom. The maximum Gasteiger partial charge on any atom is 0.460 e. The minimum atomic E-state index is -6.92. The summed E-state index contributed by atoms with van der Waals surface area (Å²) in [4.78, 5) is 8.49. The highest BCUT2D eigenvalue weighted by Gasteiger charge is 2.85. The van der Waals surface area contributed by atoms with E-state index in [0.717, 1.165) is 6.92 Å². The predicted molar refractivity (Wildman–Crippen MR) is 54.8 cm³/mol. The van der Waals surface area contributed by atoms with E-state index in [1.165, 1.54) is 0 Å². The van der Waals surface area contributed by atoms with Crippen molar-refractivity contribution < 1.29 is 48.4 Å². The second-order valence-corrected chi connectivity index (χ2v) is 9.29. The molecule has 0 spiro atoms. The predicted octanol–water partition coefficient (Wildman–Crippen LogP) is 2.60. The Kier molecular flexibility index (Phi) is 5.42. The van der Waals surface area contributed by atoms with Crippen molar-refractivity contribution in [3.05, 3.63) is 0 Å². The summed E-state index contributed by atoms with van der Waals surface area (Å²) in [6.07, 6.45) is -6.85. The van der Waals surface area contributed by atoms with Gasteiger partial charge < -0.3 is 8.91 Å². The van der Waals surface area contributed by atoms with Crippen molar-refractivity contribution in [1.29, 1.82) is 0 Å². The van der Waals surface area contributed by atoms with Gasteiger partial charge in [0.2, 0.25) is 0 Å². The van der Waals surface area contributed by atoms with Gasteiger partial charge in [0.15, 0.2) is 0 Å². The van der Waals surface area contributed by atoms with E-state index in [2.05, 4.69) is 4.12 Å². The molecule has 1 atom stereocenters. The number of rotatable bonds is 6. The van der Waals surface area contributed by atoms with E-state index >= 15 is 0 Å². The zero-order valence-electron chi connectivity index (χ0n) is 10.2. The topological polar surface area (TPSA) is 29.5 Å². The third-order valence-electron chi connectivity index (χ3n) is 2.87. The van der Waals surface area contributed by atoms with Crippen LogP contribution < -0.4 is 0 Å². The van der Waals surface area contributed by atoms with Gasteiger partial charge in [0.05, 0.1) is 0 Å². The molecule has 0 rings (SSSR count). The summed E-state index contributed by atoms with van der Waals surface area (Å²) < 4.78 is 119. The molecular weight excluding hydrogens is 343 g/mol. The highest BCUT2D eigenvalue weighted by molar-refractivity contribution is 6.78. The first-order valence-electron chi connectivity index (χ1n) is 5.07. The Bertz CT molecular complexity index is 346. The molecule has 2 nitrogen and oxygen atoms in total. The molecule has 0 bridgehead atoms. The third-order valence-corrected chi connectivity index (χ3v) is 8.92. The Morgan fingerprint density at radius 3 is 1.60 bits per heavy atom. The van der Waals surface area contributed by atoms with Crippen LogP contribution in [-0.4, -0.2) is 46.7 Å². The summed E-state index contributed by atoms with van der Waals surface area (Å²) in [6.45, 7) is 1.25. The third kappa shape index (κ3) is 2.72. The SMILES string of the molecule is CC[Si](C)(O[SiH2]O)C(F)(F)C(F)(F)C(F)(F)C(F)(F)F. The lowest BCUT2D eigenvalue weighted by atomic mass is 10.1. The maximum atomic E-state index is 13.6. The maximum absolute atomic E-state index is 13.6. The molecule has 0 aliphatic heterocycles. The highest BCUT2D eigenvalue weighted by atomic mass is 28.4. The van der Waals surface area contributed by atoms with Crippen molar-refractivity contribution in [2.24, 2.45) is 0 Å². The number of halogens is 9. The minimum absolute atomic E-state index is 0.372. The minimum Gasteiger partial charge on any atom is -0.436 e. The van der Waals surface area contributed by atoms with E-state index in [4.69, 9.17) is 4.80 Å². The summed E-state index contributed by atoms with van der Waals surface area (Å²) in [6, 6.07) is -0.878. The Labute approximate surface area is 111 Å². The van der Waals surface area contributed by atoms with E-state index in [0.29, 0.717) is 6.55 Å². The molecule has 0 aromatic heterocycles. The van der Waals surface area contributed by atoms with E-state index in [1.54, 1.807) is 0 Å². The summed E-state index contributed by atoms with van der Waals surface area (Å²) in [5, 5.41) is 0. The average Bonchev–Trinajstić information content (AvgIpc) is 2.26. The van der Waals surface area contributed by atoms with Crippen LogP contribution >= 0.6 is 0 Å². The fraction of sp³-hybridized carbons (Fsp3) is 1.00. The molecule has 1 N–H and O–H groups in total. The zero-order valence-corrected chi connectivity index (χ0v) is 12.6. The molecule has 0 amide bonds. The molecule has 0 heterocycles. The monoisotopic (exact) mass is 354 g/mol. The van der Waals surface area contributed by atoms with Crippen molar-refractivity contribution in [3.8, 4) is 0 Å². The lowest BCUT2D eigenvalue weighted by Gasteiger charge is -2.41. The van der Waals surface area contributed by atoms with Crippen LogP contribution in [0.1, 0.15) is 6.92 Å². The normalized spacial score (nSPS) is 18.6. The molecule has 0 aromatic rings. The van der Waals surface area contributed by atoms with E-state index in [9.17, 15) is 39.5 Å². The molecule has 1 unspecified atom stereocenters. The standard InChI is InChI=1S/C7H11F9O2Si2/c1-3-20(2,18-19-17)7(15,16)5(10,11)4(8,9)6(12,13)14/h17H,3,19H2,1-2H3. The van der Waals surface area contributed by atoms with Crippen LogP contribution in [0.4, 0.5) is 39.5 Å². The van der Waals surface area contributed by atoms with Crippen molar-refractivity contribution in [1.82, 2.24) is 0 Å². The first-order chi connectivity index (χ1) is 8.62. The van der Waals surface area contributed by atoms with Crippen LogP contribution in [0.15, 0.2) is 0 Å². The smallest absolute Gasteiger partial charge is 0.436 e. The molecule has 0 fully saturated rings. The van der Waals surface area contributed by atoms with Gasteiger partial charge in [0, 0.05) is 0 Å². The largest absolute Gasteiger partial charge is 0.460 e. The van der Waals surface area contributed by atoms with Gasteiger partial charge in [-0.3, -0.25) is 0 Å². The fourth-order valence-corrected chi connectivity index (χ4v) is 5.21. The van der Waals surface area contributed by atoms with Crippen LogP contribution in [0.3, 0.4) is 0 Å². The van der Waals surface area contributed by atoms with E-state index in [1.807, 2.05) is 0 Å². The molecule has 122 valence electrons.